The van der Waals surface area contributed by atoms with Gasteiger partial charge in [0.15, 0.2) is 11.6 Å². The van der Waals surface area contributed by atoms with Gasteiger partial charge in [0.1, 0.15) is 18.2 Å². The predicted molar refractivity (Wildman–Crippen MR) is 138 cm³/mol. The van der Waals surface area contributed by atoms with E-state index in [1.807, 2.05) is 0 Å². The Balaban J connectivity index is 1.86. The normalized spacial score (nSPS) is 22.9. The van der Waals surface area contributed by atoms with E-state index in [1.54, 1.807) is 38.1 Å². The Morgan fingerprint density at radius 3 is 2.18 bits per heavy atom. The Hall–Kier alpha value is -2.65. The lowest BCUT2D eigenvalue weighted by Crippen LogP contribution is -2.76. The molecule has 2 saturated heterocycles. The van der Waals surface area contributed by atoms with Crippen molar-refractivity contribution in [2.24, 2.45) is 0 Å². The van der Waals surface area contributed by atoms with Crippen molar-refractivity contribution in [1.29, 1.82) is 0 Å². The summed E-state index contributed by atoms with van der Waals surface area (Å²) in [4.78, 5) is 29.3. The van der Waals surface area contributed by atoms with Gasteiger partial charge in [-0.1, -0.05) is 23.7 Å². The SMILES string of the molecule is CC(C)N1CC2N(C(=O)C(NS(C)(=O)=O)CN2S(=O)(=O)c2ccc(F)c(F)c2)C(Cc2ccc(Cl)cc2)C1=O. The van der Waals surface area contributed by atoms with E-state index in [-0.39, 0.29) is 19.0 Å². The molecular weight excluding hydrogens is 578 g/mol. The first-order chi connectivity index (χ1) is 18.1. The number of nitrogens with zero attached hydrogens (tertiary/aromatic N) is 3. The molecule has 2 heterocycles. The number of benzene rings is 2. The van der Waals surface area contributed by atoms with Crippen molar-refractivity contribution in [2.45, 2.75) is 49.5 Å². The van der Waals surface area contributed by atoms with Gasteiger partial charge in [-0.05, 0) is 49.7 Å². The molecule has 2 aliphatic heterocycles. The Labute approximate surface area is 230 Å². The molecule has 0 aromatic heterocycles. The first-order valence-electron chi connectivity index (χ1n) is 11.9. The molecule has 212 valence electrons. The molecular formula is C24H27ClF2N4O6S2. The second kappa shape index (κ2) is 10.7. The molecule has 10 nitrogen and oxygen atoms in total. The second-order valence-electron chi connectivity index (χ2n) is 9.75. The maximum absolute atomic E-state index is 14.0. The van der Waals surface area contributed by atoms with Crippen LogP contribution >= 0.6 is 11.6 Å². The van der Waals surface area contributed by atoms with Crippen LogP contribution in [0.25, 0.3) is 0 Å². The number of hydrogen-bond donors (Lipinski definition) is 1. The second-order valence-corrected chi connectivity index (χ2v) is 13.9. The van der Waals surface area contributed by atoms with Crippen LogP contribution in [-0.4, -0.2) is 86.4 Å². The molecule has 4 rings (SSSR count). The first kappa shape index (κ1) is 29.3. The lowest BCUT2D eigenvalue weighted by Gasteiger charge is -2.54. The topological polar surface area (TPSA) is 124 Å². The number of hydrogen-bond acceptors (Lipinski definition) is 6. The molecule has 3 atom stereocenters. The number of sulfonamides is 2. The molecule has 0 bridgehead atoms. The van der Waals surface area contributed by atoms with Crippen molar-refractivity contribution < 1.29 is 35.2 Å². The third-order valence-electron chi connectivity index (χ3n) is 6.65. The van der Waals surface area contributed by atoms with E-state index >= 15 is 0 Å². The molecule has 2 fully saturated rings. The first-order valence-corrected chi connectivity index (χ1v) is 15.6. The average molecular weight is 605 g/mol. The van der Waals surface area contributed by atoms with Gasteiger partial charge in [-0.15, -0.1) is 0 Å². The van der Waals surface area contributed by atoms with E-state index in [9.17, 15) is 35.2 Å². The summed E-state index contributed by atoms with van der Waals surface area (Å²) in [5, 5.41) is 0.450. The van der Waals surface area contributed by atoms with Gasteiger partial charge in [0, 0.05) is 24.0 Å². The maximum atomic E-state index is 14.0. The van der Waals surface area contributed by atoms with Gasteiger partial charge < -0.3 is 9.80 Å². The van der Waals surface area contributed by atoms with Gasteiger partial charge in [-0.2, -0.15) is 4.31 Å². The maximum Gasteiger partial charge on any atom is 0.246 e. The van der Waals surface area contributed by atoms with Crippen molar-refractivity contribution in [3.63, 3.8) is 0 Å². The summed E-state index contributed by atoms with van der Waals surface area (Å²) in [6.45, 7) is 2.63. The Morgan fingerprint density at radius 2 is 1.62 bits per heavy atom. The summed E-state index contributed by atoms with van der Waals surface area (Å²) in [5.74, 6) is -3.87. The minimum atomic E-state index is -4.61. The molecule has 2 aromatic rings. The smallest absolute Gasteiger partial charge is 0.246 e. The number of amides is 2. The van der Waals surface area contributed by atoms with Crippen molar-refractivity contribution in [2.75, 3.05) is 19.3 Å². The van der Waals surface area contributed by atoms with Gasteiger partial charge in [0.25, 0.3) is 0 Å². The minimum absolute atomic E-state index is 0.00782. The highest BCUT2D eigenvalue weighted by atomic mass is 35.5. The van der Waals surface area contributed by atoms with E-state index in [1.165, 1.54) is 4.90 Å². The van der Waals surface area contributed by atoms with Gasteiger partial charge in [-0.25, -0.2) is 30.3 Å². The average Bonchev–Trinajstić information content (AvgIpc) is 2.84. The molecule has 0 spiro atoms. The van der Waals surface area contributed by atoms with Crippen LogP contribution < -0.4 is 4.72 Å². The van der Waals surface area contributed by atoms with Gasteiger partial charge in [0.05, 0.1) is 17.7 Å². The number of nitrogens with one attached hydrogen (secondary N) is 1. The van der Waals surface area contributed by atoms with Gasteiger partial charge in [0.2, 0.25) is 31.9 Å². The quantitative estimate of drug-likeness (QED) is 0.512. The van der Waals surface area contributed by atoms with E-state index in [4.69, 9.17) is 11.6 Å². The van der Waals surface area contributed by atoms with Crippen LogP contribution in [0.15, 0.2) is 47.4 Å². The van der Waals surface area contributed by atoms with Crippen molar-refractivity contribution in [1.82, 2.24) is 18.8 Å². The molecule has 3 unspecified atom stereocenters. The van der Waals surface area contributed by atoms with Crippen LogP contribution in [-0.2, 0) is 36.1 Å². The summed E-state index contributed by atoms with van der Waals surface area (Å²) in [5.41, 5.74) is 0.628. The fourth-order valence-electron chi connectivity index (χ4n) is 4.83. The fraction of sp³-hybridized carbons (Fsp3) is 0.417. The number of piperazine rings is 1. The molecule has 0 radical (unpaired) electrons. The highest BCUT2D eigenvalue weighted by Crippen LogP contribution is 2.33. The van der Waals surface area contributed by atoms with Crippen LogP contribution in [0.4, 0.5) is 8.78 Å². The number of carbonyl (C=O) groups excluding carboxylic acids is 2. The molecule has 39 heavy (non-hydrogen) atoms. The molecule has 1 N–H and O–H groups in total. The van der Waals surface area contributed by atoms with Crippen molar-refractivity contribution >= 4 is 43.5 Å². The summed E-state index contributed by atoms with van der Waals surface area (Å²) in [6, 6.07) is 5.47. The summed E-state index contributed by atoms with van der Waals surface area (Å²) in [6.07, 6.45) is -0.440. The fourth-order valence-corrected chi connectivity index (χ4v) is 7.25. The molecule has 15 heteroatoms. The van der Waals surface area contributed by atoms with E-state index in [0.717, 1.165) is 21.5 Å². The number of rotatable bonds is 7. The van der Waals surface area contributed by atoms with Crippen molar-refractivity contribution in [3.05, 3.63) is 64.7 Å². The Bertz CT molecular complexity index is 1500. The zero-order valence-electron chi connectivity index (χ0n) is 21.2. The number of carbonyl (C=O) groups is 2. The third-order valence-corrected chi connectivity index (χ3v) is 9.48. The van der Waals surface area contributed by atoms with Crippen LogP contribution in [0.2, 0.25) is 5.02 Å². The van der Waals surface area contributed by atoms with Crippen LogP contribution in [0.3, 0.4) is 0 Å². The predicted octanol–water partition coefficient (Wildman–Crippen LogP) is 1.56. The number of fused-ring (bicyclic) bond motifs is 1. The molecule has 2 aliphatic rings. The summed E-state index contributed by atoms with van der Waals surface area (Å²) in [7, 11) is -8.61. The van der Waals surface area contributed by atoms with Gasteiger partial charge >= 0.3 is 0 Å². The summed E-state index contributed by atoms with van der Waals surface area (Å²) < 4.78 is 82.4. The van der Waals surface area contributed by atoms with E-state index in [0.29, 0.717) is 22.7 Å². The molecule has 0 saturated carbocycles. The van der Waals surface area contributed by atoms with E-state index in [2.05, 4.69) is 4.72 Å². The minimum Gasteiger partial charge on any atom is -0.335 e. The van der Waals surface area contributed by atoms with Gasteiger partial charge in [-0.3, -0.25) is 9.59 Å². The highest BCUT2D eigenvalue weighted by molar-refractivity contribution is 7.89. The number of halogens is 3. The molecule has 2 aromatic carbocycles. The zero-order chi connectivity index (χ0) is 28.9. The zero-order valence-corrected chi connectivity index (χ0v) is 23.6. The lowest BCUT2D eigenvalue weighted by atomic mass is 9.96. The van der Waals surface area contributed by atoms with Crippen molar-refractivity contribution in [3.8, 4) is 0 Å². The monoisotopic (exact) mass is 604 g/mol. The Morgan fingerprint density at radius 1 is 0.974 bits per heavy atom. The molecule has 0 aliphatic carbocycles. The Kier molecular flexibility index (Phi) is 8.07. The highest BCUT2D eigenvalue weighted by Gasteiger charge is 2.54. The lowest BCUT2D eigenvalue weighted by molar-refractivity contribution is -0.168. The van der Waals surface area contributed by atoms with E-state index < -0.39 is 73.2 Å². The largest absolute Gasteiger partial charge is 0.335 e. The van der Waals surface area contributed by atoms with Crippen LogP contribution in [0.1, 0.15) is 19.4 Å². The van der Waals surface area contributed by atoms with Crippen LogP contribution in [0.5, 0.6) is 0 Å². The van der Waals surface area contributed by atoms with Crippen LogP contribution in [0, 0.1) is 11.6 Å². The molecule has 2 amide bonds. The standard InChI is InChI=1S/C24H27ClF2N4O6S2/c1-14(2)29-13-22-30(39(36,37)17-8-9-18(26)19(27)11-17)12-20(28-38(3,34)35)23(32)31(22)21(24(29)33)10-15-4-6-16(25)7-5-15/h4-9,11,14,20-22,28H,10,12-13H2,1-3H3. The summed E-state index contributed by atoms with van der Waals surface area (Å²) >= 11 is 5.98. The third kappa shape index (κ3) is 5.94.